The molecule has 1 aromatic rings. The van der Waals surface area contributed by atoms with Crippen molar-refractivity contribution in [2.24, 2.45) is 0 Å². The van der Waals surface area contributed by atoms with Crippen molar-refractivity contribution in [3.05, 3.63) is 29.3 Å². The highest BCUT2D eigenvalue weighted by Gasteiger charge is 2.24. The van der Waals surface area contributed by atoms with Gasteiger partial charge in [-0.3, -0.25) is 0 Å². The third kappa shape index (κ3) is 3.41. The number of thioether (sulfide) groups is 1. The van der Waals surface area contributed by atoms with Crippen molar-refractivity contribution in [1.82, 2.24) is 5.32 Å². The maximum absolute atomic E-state index is 5.87. The van der Waals surface area contributed by atoms with E-state index in [0.717, 1.165) is 22.9 Å². The van der Waals surface area contributed by atoms with Gasteiger partial charge < -0.3 is 5.32 Å². The van der Waals surface area contributed by atoms with Gasteiger partial charge in [0, 0.05) is 21.2 Å². The van der Waals surface area contributed by atoms with Crippen LogP contribution < -0.4 is 5.32 Å². The van der Waals surface area contributed by atoms with E-state index in [1.807, 2.05) is 23.9 Å². The van der Waals surface area contributed by atoms with E-state index in [9.17, 15) is 0 Å². The zero-order valence-corrected chi connectivity index (χ0v) is 11.2. The second kappa shape index (κ2) is 5.95. The Labute approximate surface area is 107 Å². The fraction of sp³-hybridized carbons (Fsp3) is 0.538. The number of halogens is 1. The van der Waals surface area contributed by atoms with Gasteiger partial charge in [0.15, 0.2) is 0 Å². The Bertz CT molecular complexity index is 325. The van der Waals surface area contributed by atoms with Crippen LogP contribution in [0, 0.1) is 0 Å². The Hall–Kier alpha value is -0.180. The van der Waals surface area contributed by atoms with Gasteiger partial charge in [-0.15, -0.1) is 11.8 Å². The Balaban J connectivity index is 1.84. The second-order valence-corrected chi connectivity index (χ2v) is 6.07. The van der Waals surface area contributed by atoms with Crippen LogP contribution in [0.15, 0.2) is 29.2 Å². The van der Waals surface area contributed by atoms with Crippen molar-refractivity contribution in [2.45, 2.75) is 42.4 Å². The summed E-state index contributed by atoms with van der Waals surface area (Å²) in [6.07, 6.45) is 3.94. The van der Waals surface area contributed by atoms with Crippen molar-refractivity contribution >= 4 is 23.4 Å². The van der Waals surface area contributed by atoms with Gasteiger partial charge in [0.05, 0.1) is 0 Å². The molecule has 1 saturated carbocycles. The van der Waals surface area contributed by atoms with E-state index >= 15 is 0 Å². The predicted octanol–water partition coefficient (Wildman–Crippen LogP) is 3.96. The van der Waals surface area contributed by atoms with Crippen molar-refractivity contribution in [2.75, 3.05) is 6.54 Å². The number of benzene rings is 1. The minimum Gasteiger partial charge on any atom is -0.314 e. The average Bonchev–Trinajstić information content (AvgIpc) is 2.70. The smallest absolute Gasteiger partial charge is 0.0406 e. The van der Waals surface area contributed by atoms with Gasteiger partial charge >= 0.3 is 0 Å². The zero-order chi connectivity index (χ0) is 11.4. The molecule has 1 N–H and O–H groups in total. The van der Waals surface area contributed by atoms with Crippen LogP contribution >= 0.6 is 23.4 Å². The molecular formula is C13H18ClNS. The minimum absolute atomic E-state index is 0.731. The van der Waals surface area contributed by atoms with E-state index < -0.39 is 0 Å². The summed E-state index contributed by atoms with van der Waals surface area (Å²) in [7, 11) is 0. The molecule has 0 amide bonds. The summed E-state index contributed by atoms with van der Waals surface area (Å²) < 4.78 is 0. The highest BCUT2D eigenvalue weighted by Crippen LogP contribution is 2.35. The fourth-order valence-electron chi connectivity index (χ4n) is 2.23. The third-order valence-corrected chi connectivity index (χ3v) is 4.55. The molecule has 16 heavy (non-hydrogen) atoms. The lowest BCUT2D eigenvalue weighted by Gasteiger charge is -2.11. The van der Waals surface area contributed by atoms with E-state index in [1.165, 1.54) is 24.2 Å². The highest BCUT2D eigenvalue weighted by molar-refractivity contribution is 8.00. The van der Waals surface area contributed by atoms with Crippen LogP contribution in [0.5, 0.6) is 0 Å². The van der Waals surface area contributed by atoms with Gasteiger partial charge in [-0.1, -0.05) is 18.5 Å². The first-order valence-corrected chi connectivity index (χ1v) is 7.19. The summed E-state index contributed by atoms with van der Waals surface area (Å²) in [5.74, 6) is 0. The molecule has 0 saturated heterocycles. The van der Waals surface area contributed by atoms with E-state index in [0.29, 0.717) is 0 Å². The van der Waals surface area contributed by atoms with E-state index in [1.54, 1.807) is 0 Å². The number of hydrogen-bond donors (Lipinski definition) is 1. The van der Waals surface area contributed by atoms with Crippen LogP contribution in [0.3, 0.4) is 0 Å². The number of nitrogens with one attached hydrogen (secondary N) is 1. The minimum atomic E-state index is 0.731. The SMILES string of the molecule is CCNC1CCC(Sc2ccc(Cl)cc2)C1. The normalized spacial score (nSPS) is 24.9. The molecule has 1 aliphatic rings. The van der Waals surface area contributed by atoms with E-state index in [4.69, 9.17) is 11.6 Å². The molecule has 0 bridgehead atoms. The zero-order valence-electron chi connectivity index (χ0n) is 9.58. The van der Waals surface area contributed by atoms with Crippen LogP contribution in [0.2, 0.25) is 5.02 Å². The molecule has 1 aliphatic carbocycles. The Morgan fingerprint density at radius 2 is 2.06 bits per heavy atom. The van der Waals surface area contributed by atoms with Gasteiger partial charge in [0.25, 0.3) is 0 Å². The predicted molar refractivity (Wildman–Crippen MR) is 72.4 cm³/mol. The Kier molecular flexibility index (Phi) is 4.56. The van der Waals surface area contributed by atoms with Crippen molar-refractivity contribution in [3.8, 4) is 0 Å². The second-order valence-electron chi connectivity index (χ2n) is 4.26. The van der Waals surface area contributed by atoms with Crippen LogP contribution in [-0.2, 0) is 0 Å². The lowest BCUT2D eigenvalue weighted by Crippen LogP contribution is -2.25. The molecule has 0 spiro atoms. The number of rotatable bonds is 4. The average molecular weight is 256 g/mol. The fourth-order valence-corrected chi connectivity index (χ4v) is 3.61. The molecule has 0 aliphatic heterocycles. The number of hydrogen-bond acceptors (Lipinski definition) is 2. The Morgan fingerprint density at radius 1 is 1.31 bits per heavy atom. The van der Waals surface area contributed by atoms with E-state index in [2.05, 4.69) is 24.4 Å². The van der Waals surface area contributed by atoms with E-state index in [-0.39, 0.29) is 0 Å². The summed E-state index contributed by atoms with van der Waals surface area (Å²) in [6.45, 7) is 3.27. The molecule has 1 aromatic carbocycles. The van der Waals surface area contributed by atoms with Crippen molar-refractivity contribution in [3.63, 3.8) is 0 Å². The monoisotopic (exact) mass is 255 g/mol. The molecule has 2 unspecified atom stereocenters. The first-order chi connectivity index (χ1) is 7.78. The maximum atomic E-state index is 5.87. The molecule has 1 nitrogen and oxygen atoms in total. The summed E-state index contributed by atoms with van der Waals surface area (Å²) >= 11 is 7.86. The molecule has 1 fully saturated rings. The molecule has 0 aromatic heterocycles. The first kappa shape index (κ1) is 12.3. The summed E-state index contributed by atoms with van der Waals surface area (Å²) in [5, 5.41) is 5.12. The molecule has 2 atom stereocenters. The standard InChI is InChI=1S/C13H18ClNS/c1-2-15-11-5-8-13(9-11)16-12-6-3-10(14)4-7-12/h3-4,6-7,11,13,15H,2,5,8-9H2,1H3. The molecule has 0 heterocycles. The summed E-state index contributed by atoms with van der Waals surface area (Å²) in [4.78, 5) is 1.34. The quantitative estimate of drug-likeness (QED) is 0.874. The van der Waals surface area contributed by atoms with Crippen LogP contribution in [0.25, 0.3) is 0 Å². The lowest BCUT2D eigenvalue weighted by molar-refractivity contribution is 0.543. The maximum Gasteiger partial charge on any atom is 0.0406 e. The first-order valence-electron chi connectivity index (χ1n) is 5.93. The summed E-state index contributed by atoms with van der Waals surface area (Å²) in [6, 6.07) is 8.91. The van der Waals surface area contributed by atoms with Crippen LogP contribution in [0.1, 0.15) is 26.2 Å². The topological polar surface area (TPSA) is 12.0 Å². The van der Waals surface area contributed by atoms with Crippen LogP contribution in [0.4, 0.5) is 0 Å². The molecular weight excluding hydrogens is 238 g/mol. The van der Waals surface area contributed by atoms with Crippen LogP contribution in [-0.4, -0.2) is 17.8 Å². The van der Waals surface area contributed by atoms with Gasteiger partial charge in [-0.05, 0) is 50.1 Å². The van der Waals surface area contributed by atoms with Gasteiger partial charge in [0.2, 0.25) is 0 Å². The summed E-state index contributed by atoms with van der Waals surface area (Å²) in [5.41, 5.74) is 0. The van der Waals surface area contributed by atoms with Gasteiger partial charge in [-0.2, -0.15) is 0 Å². The molecule has 2 rings (SSSR count). The van der Waals surface area contributed by atoms with Gasteiger partial charge in [0.1, 0.15) is 0 Å². The van der Waals surface area contributed by atoms with Gasteiger partial charge in [-0.25, -0.2) is 0 Å². The lowest BCUT2D eigenvalue weighted by atomic mass is 10.2. The molecule has 3 heteroatoms. The largest absolute Gasteiger partial charge is 0.314 e. The van der Waals surface area contributed by atoms with Crippen molar-refractivity contribution < 1.29 is 0 Å². The molecule has 88 valence electrons. The third-order valence-electron chi connectivity index (χ3n) is 2.99. The highest BCUT2D eigenvalue weighted by atomic mass is 35.5. The molecule has 0 radical (unpaired) electrons. The Morgan fingerprint density at radius 3 is 2.75 bits per heavy atom. The van der Waals surface area contributed by atoms with Crippen molar-refractivity contribution in [1.29, 1.82) is 0 Å².